The Kier molecular flexibility index (Phi) is 6.23. The predicted molar refractivity (Wildman–Crippen MR) is 114 cm³/mol. The van der Waals surface area contributed by atoms with E-state index in [1.54, 1.807) is 13.8 Å². The molecule has 0 unspecified atom stereocenters. The molecule has 30 heavy (non-hydrogen) atoms. The number of halogens is 2. The molecule has 1 aromatic heterocycles. The van der Waals surface area contributed by atoms with Gasteiger partial charge < -0.3 is 4.98 Å². The number of hydrogen-bond acceptors (Lipinski definition) is 6. The van der Waals surface area contributed by atoms with Crippen molar-refractivity contribution in [3.05, 3.63) is 46.1 Å². The van der Waals surface area contributed by atoms with Crippen molar-refractivity contribution < 1.29 is 21.4 Å². The van der Waals surface area contributed by atoms with E-state index in [9.17, 15) is 21.4 Å². The first-order valence-electron chi connectivity index (χ1n) is 8.44. The summed E-state index contributed by atoms with van der Waals surface area (Å²) in [5, 5.41) is 8.51. The van der Waals surface area contributed by atoms with E-state index in [4.69, 9.17) is 23.2 Å². The molecule has 160 valence electrons. The third-order valence-corrected chi connectivity index (χ3v) is 7.27. The Labute approximate surface area is 182 Å². The van der Waals surface area contributed by atoms with E-state index in [2.05, 4.69) is 19.9 Å². The molecule has 0 saturated carbocycles. The molecule has 3 aromatic rings. The number of rotatable bonds is 6. The van der Waals surface area contributed by atoms with Crippen LogP contribution in [0.5, 0.6) is 0 Å². The number of aromatic nitrogens is 1. The number of nitrogens with zero attached hydrogens (tertiary/aromatic N) is 2. The second-order valence-corrected chi connectivity index (χ2v) is 10.2. The van der Waals surface area contributed by atoms with Gasteiger partial charge in [0.1, 0.15) is 16.3 Å². The molecule has 0 saturated heterocycles. The van der Waals surface area contributed by atoms with Crippen molar-refractivity contribution in [2.75, 3.05) is 6.54 Å². The average molecular weight is 491 g/mol. The number of H-pyrrole nitrogens is 1. The Morgan fingerprint density at radius 3 is 2.40 bits per heavy atom. The molecule has 0 radical (unpaired) electrons. The number of azo groups is 1. The maximum Gasteiger partial charge on any atom is 0.294 e. The van der Waals surface area contributed by atoms with Gasteiger partial charge in [0.25, 0.3) is 10.1 Å². The van der Waals surface area contributed by atoms with Gasteiger partial charge in [-0.25, -0.2) is 13.1 Å². The lowest BCUT2D eigenvalue weighted by Crippen LogP contribution is -2.23. The van der Waals surface area contributed by atoms with Crippen LogP contribution >= 0.6 is 23.2 Å². The zero-order valence-electron chi connectivity index (χ0n) is 15.6. The van der Waals surface area contributed by atoms with Crippen molar-refractivity contribution in [3.63, 3.8) is 0 Å². The van der Waals surface area contributed by atoms with E-state index in [0.29, 0.717) is 22.3 Å². The lowest BCUT2D eigenvalue weighted by Gasteiger charge is -2.08. The van der Waals surface area contributed by atoms with Crippen LogP contribution in [0.1, 0.15) is 12.6 Å². The van der Waals surface area contributed by atoms with Crippen LogP contribution in [0.15, 0.2) is 50.4 Å². The molecule has 3 rings (SSSR count). The number of nitrogens with one attached hydrogen (secondary N) is 2. The maximum absolute atomic E-state index is 12.2. The number of sulfonamides is 1. The molecule has 0 aliphatic rings. The number of aryl methyl sites for hydroxylation is 1. The second kappa shape index (κ2) is 8.25. The topological polar surface area (TPSA) is 141 Å². The fourth-order valence-electron chi connectivity index (χ4n) is 2.75. The van der Waals surface area contributed by atoms with E-state index in [1.807, 2.05) is 0 Å². The summed E-state index contributed by atoms with van der Waals surface area (Å²) >= 11 is 12.3. The summed E-state index contributed by atoms with van der Waals surface area (Å²) in [7, 11) is -8.21. The highest BCUT2D eigenvalue weighted by molar-refractivity contribution is 7.89. The molecule has 0 amide bonds. The van der Waals surface area contributed by atoms with Gasteiger partial charge in [-0.05, 0) is 37.3 Å². The summed E-state index contributed by atoms with van der Waals surface area (Å²) in [4.78, 5) is 2.56. The first-order chi connectivity index (χ1) is 13.9. The van der Waals surface area contributed by atoms with E-state index in [1.165, 1.54) is 30.3 Å². The average Bonchev–Trinajstić information content (AvgIpc) is 2.95. The minimum absolute atomic E-state index is 0.00995. The lowest BCUT2D eigenvalue weighted by molar-refractivity contribution is 0.483. The zero-order valence-corrected chi connectivity index (χ0v) is 18.8. The molecule has 0 bridgehead atoms. The maximum atomic E-state index is 12.2. The molecular weight excluding hydrogens is 475 g/mol. The molecule has 9 nitrogen and oxygen atoms in total. The highest BCUT2D eigenvalue weighted by Gasteiger charge is 2.20. The minimum atomic E-state index is -4.39. The van der Waals surface area contributed by atoms with Crippen LogP contribution in [0, 0.1) is 6.92 Å². The monoisotopic (exact) mass is 490 g/mol. The van der Waals surface area contributed by atoms with Crippen LogP contribution in [-0.4, -0.2) is 32.9 Å². The van der Waals surface area contributed by atoms with Gasteiger partial charge in [-0.1, -0.05) is 30.1 Å². The first kappa shape index (κ1) is 22.7. The van der Waals surface area contributed by atoms with Gasteiger partial charge in [-0.15, -0.1) is 10.2 Å². The van der Waals surface area contributed by atoms with E-state index in [0.717, 1.165) is 0 Å². The van der Waals surface area contributed by atoms with Crippen molar-refractivity contribution in [2.24, 2.45) is 10.2 Å². The van der Waals surface area contributed by atoms with Gasteiger partial charge in [0.15, 0.2) is 0 Å². The predicted octanol–water partition coefficient (Wildman–Crippen LogP) is 4.74. The normalized spacial score (nSPS) is 12.8. The van der Waals surface area contributed by atoms with Crippen LogP contribution in [-0.2, 0) is 20.1 Å². The Balaban J connectivity index is 2.07. The second-order valence-electron chi connectivity index (χ2n) is 6.22. The minimum Gasteiger partial charge on any atom is -0.357 e. The molecular formula is C17H16Cl2N4O5S2. The van der Waals surface area contributed by atoms with Gasteiger partial charge in [0.05, 0.1) is 14.9 Å². The molecule has 0 fully saturated rings. The van der Waals surface area contributed by atoms with Gasteiger partial charge in [-0.2, -0.15) is 8.42 Å². The van der Waals surface area contributed by atoms with Crippen molar-refractivity contribution in [1.82, 2.24) is 9.71 Å². The van der Waals surface area contributed by atoms with E-state index >= 15 is 0 Å². The highest BCUT2D eigenvalue weighted by Crippen LogP contribution is 2.37. The van der Waals surface area contributed by atoms with Crippen LogP contribution in [0.25, 0.3) is 10.9 Å². The summed E-state index contributed by atoms with van der Waals surface area (Å²) in [6.07, 6.45) is 0. The fourth-order valence-corrected chi connectivity index (χ4v) is 5.11. The Bertz CT molecular complexity index is 1380. The zero-order chi connectivity index (χ0) is 22.3. The Morgan fingerprint density at radius 1 is 1.07 bits per heavy atom. The summed E-state index contributed by atoms with van der Waals surface area (Å²) in [6, 6.07) is 6.46. The molecule has 13 heteroatoms. The number of aromatic amines is 1. The molecule has 0 aliphatic heterocycles. The number of fused-ring (bicyclic) bond motifs is 1. The van der Waals surface area contributed by atoms with Crippen LogP contribution in [0.4, 0.5) is 11.4 Å². The largest absolute Gasteiger partial charge is 0.357 e. The van der Waals surface area contributed by atoms with E-state index < -0.39 is 20.1 Å². The SMILES string of the molecule is CCNS(=O)(=O)c1cc(Cl)c(N=Nc2c(C)[nH]c3ccc(S(=O)(=O)O)cc23)cc1Cl. The summed E-state index contributed by atoms with van der Waals surface area (Å²) < 4.78 is 58.8. The van der Waals surface area contributed by atoms with Crippen molar-refractivity contribution in [3.8, 4) is 0 Å². The molecule has 0 aliphatic carbocycles. The summed E-state index contributed by atoms with van der Waals surface area (Å²) in [6.45, 7) is 3.53. The fraction of sp³-hybridized carbons (Fsp3) is 0.176. The van der Waals surface area contributed by atoms with Crippen molar-refractivity contribution >= 4 is 65.6 Å². The summed E-state index contributed by atoms with van der Waals surface area (Å²) in [5.74, 6) is 0. The lowest BCUT2D eigenvalue weighted by atomic mass is 10.2. The summed E-state index contributed by atoms with van der Waals surface area (Å²) in [5.41, 5.74) is 1.63. The van der Waals surface area contributed by atoms with Gasteiger partial charge >= 0.3 is 0 Å². The first-order valence-corrected chi connectivity index (χ1v) is 12.1. The van der Waals surface area contributed by atoms with Gasteiger partial charge in [0, 0.05) is 23.1 Å². The van der Waals surface area contributed by atoms with Gasteiger partial charge in [-0.3, -0.25) is 4.55 Å². The standard InChI is InChI=1S/C17H16Cl2N4O5S2/c1-3-20-29(24,25)16-8-12(18)15(7-13(16)19)22-23-17-9(2)21-14-5-4-10(6-11(14)17)30(26,27)28/h4-8,20-21H,3H2,1-2H3,(H,26,27,28). The van der Waals surface area contributed by atoms with E-state index in [-0.39, 0.29) is 32.1 Å². The van der Waals surface area contributed by atoms with Crippen molar-refractivity contribution in [1.29, 1.82) is 0 Å². The number of hydrogen-bond donors (Lipinski definition) is 3. The van der Waals surface area contributed by atoms with Gasteiger partial charge in [0.2, 0.25) is 10.0 Å². The third kappa shape index (κ3) is 4.51. The molecule has 3 N–H and O–H groups in total. The highest BCUT2D eigenvalue weighted by atomic mass is 35.5. The number of benzene rings is 2. The quantitative estimate of drug-likeness (QED) is 0.337. The molecule has 0 spiro atoms. The Hall–Kier alpha value is -2.02. The smallest absolute Gasteiger partial charge is 0.294 e. The third-order valence-electron chi connectivity index (χ3n) is 4.10. The van der Waals surface area contributed by atoms with Crippen LogP contribution in [0.2, 0.25) is 10.0 Å². The molecule has 0 atom stereocenters. The van der Waals surface area contributed by atoms with Crippen molar-refractivity contribution in [2.45, 2.75) is 23.6 Å². The Morgan fingerprint density at radius 2 is 1.77 bits per heavy atom. The molecule has 2 aromatic carbocycles. The van der Waals surface area contributed by atoms with Crippen LogP contribution < -0.4 is 4.72 Å². The van der Waals surface area contributed by atoms with Crippen LogP contribution in [0.3, 0.4) is 0 Å². The molecule has 1 heterocycles.